The molecule has 1 aromatic rings. The van der Waals surface area contributed by atoms with Gasteiger partial charge in [-0.1, -0.05) is 6.07 Å². The average Bonchev–Trinajstić information content (AvgIpc) is 2.20. The zero-order valence-electron chi connectivity index (χ0n) is 8.51. The van der Waals surface area contributed by atoms with Gasteiger partial charge in [0, 0.05) is 11.4 Å². The molecule has 86 valence electrons. The van der Waals surface area contributed by atoms with Crippen LogP contribution in [0.5, 0.6) is 0 Å². The molecule has 0 spiro atoms. The second-order valence-corrected chi connectivity index (χ2v) is 3.66. The third-order valence-corrected chi connectivity index (χ3v) is 2.21. The topological polar surface area (TPSA) is 124 Å². The first-order chi connectivity index (χ1) is 7.41. The summed E-state index contributed by atoms with van der Waals surface area (Å²) in [5, 5.41) is 0.532. The normalized spacial score (nSPS) is 9.81. The summed E-state index contributed by atoms with van der Waals surface area (Å²) < 4.78 is 0. The minimum absolute atomic E-state index is 0.0277. The lowest BCUT2D eigenvalue weighted by molar-refractivity contribution is -0.126. The maximum absolute atomic E-state index is 11.5. The van der Waals surface area contributed by atoms with Gasteiger partial charge < -0.3 is 17.2 Å². The highest BCUT2D eigenvalue weighted by atomic mass is 32.1. The van der Waals surface area contributed by atoms with Crippen LogP contribution in [0.15, 0.2) is 18.2 Å². The fraction of sp³-hybridized carbons (Fsp3) is 0.111. The van der Waals surface area contributed by atoms with E-state index in [1.807, 2.05) is 0 Å². The fourth-order valence-corrected chi connectivity index (χ4v) is 1.25. The summed E-state index contributed by atoms with van der Waals surface area (Å²) in [5.74, 6) is 4.91. The predicted octanol–water partition coefficient (Wildman–Crippen LogP) is -0.661. The van der Waals surface area contributed by atoms with Gasteiger partial charge in [-0.3, -0.25) is 4.79 Å². The lowest BCUT2D eigenvalue weighted by Gasteiger charge is -2.14. The van der Waals surface area contributed by atoms with E-state index in [9.17, 15) is 4.79 Å². The third-order valence-electron chi connectivity index (χ3n) is 2.02. The predicted molar refractivity (Wildman–Crippen MR) is 66.8 cm³/mol. The minimum Gasteiger partial charge on any atom is -0.399 e. The summed E-state index contributed by atoms with van der Waals surface area (Å²) in [5.41, 5.74) is 18.0. The second-order valence-electron chi connectivity index (χ2n) is 3.24. The van der Waals surface area contributed by atoms with Crippen molar-refractivity contribution in [3.8, 4) is 0 Å². The molecule has 0 saturated carbocycles. The van der Waals surface area contributed by atoms with Crippen LogP contribution in [0.2, 0.25) is 0 Å². The van der Waals surface area contributed by atoms with E-state index >= 15 is 0 Å². The van der Waals surface area contributed by atoms with Crippen molar-refractivity contribution >= 4 is 34.6 Å². The molecule has 0 aliphatic carbocycles. The van der Waals surface area contributed by atoms with Crippen LogP contribution in [0.4, 0.5) is 11.4 Å². The third kappa shape index (κ3) is 2.81. The van der Waals surface area contributed by atoms with Crippen LogP contribution in [0.3, 0.4) is 0 Å². The summed E-state index contributed by atoms with van der Waals surface area (Å²) in [6.45, 7) is 0. The summed E-state index contributed by atoms with van der Waals surface area (Å²) >= 11 is 4.57. The number of carbonyl (C=O) groups excluding carboxylic acids is 1. The van der Waals surface area contributed by atoms with E-state index in [4.69, 9.17) is 23.0 Å². The number of thiocarbonyl (C=S) groups is 1. The summed E-state index contributed by atoms with van der Waals surface area (Å²) in [6.07, 6.45) is 0.0277. The Labute approximate surface area is 98.1 Å². The number of nitrogens with two attached hydrogens (primary N) is 4. The number of carbonyl (C=O) groups is 1. The highest BCUT2D eigenvalue weighted by Gasteiger charge is 2.13. The molecule has 0 atom stereocenters. The molecular weight excluding hydrogens is 226 g/mol. The molecule has 0 aromatic heterocycles. The second kappa shape index (κ2) is 4.77. The molecule has 0 radical (unpaired) electrons. The van der Waals surface area contributed by atoms with Crippen LogP contribution in [-0.4, -0.2) is 16.0 Å². The number of hydrazine groups is 1. The molecular formula is C9H13N5OS. The van der Waals surface area contributed by atoms with Gasteiger partial charge in [0.1, 0.15) is 0 Å². The minimum atomic E-state index is -0.427. The van der Waals surface area contributed by atoms with Crippen LogP contribution in [0, 0.1) is 0 Å². The highest BCUT2D eigenvalue weighted by Crippen LogP contribution is 2.16. The molecule has 1 amide bonds. The number of anilines is 2. The largest absolute Gasteiger partial charge is 0.399 e. The van der Waals surface area contributed by atoms with Gasteiger partial charge >= 0.3 is 0 Å². The molecule has 16 heavy (non-hydrogen) atoms. The lowest BCUT2D eigenvalue weighted by Crippen LogP contribution is -2.46. The van der Waals surface area contributed by atoms with Gasteiger partial charge in [-0.25, -0.2) is 10.9 Å². The SMILES string of the molecule is NC(=S)N(N)C(=O)Cc1ccc(N)cc1N. The Hall–Kier alpha value is -1.86. The standard InChI is InChI=1S/C9H13N5OS/c10-6-2-1-5(7(11)4-6)3-8(15)14(13)9(12)16/h1-2,4H,3,10-11,13H2,(H2,12,16). The van der Waals surface area contributed by atoms with Gasteiger partial charge in [-0.2, -0.15) is 0 Å². The molecule has 0 unspecified atom stereocenters. The fourth-order valence-electron chi connectivity index (χ4n) is 1.15. The zero-order chi connectivity index (χ0) is 12.3. The number of hydrogen-bond donors (Lipinski definition) is 4. The van der Waals surface area contributed by atoms with Crippen LogP contribution >= 0.6 is 12.2 Å². The molecule has 0 fully saturated rings. The first kappa shape index (κ1) is 12.2. The molecule has 0 saturated heterocycles. The van der Waals surface area contributed by atoms with E-state index in [2.05, 4.69) is 12.2 Å². The Balaban J connectivity index is 2.81. The van der Waals surface area contributed by atoms with Crippen LogP contribution in [-0.2, 0) is 11.2 Å². The number of benzene rings is 1. The van der Waals surface area contributed by atoms with E-state index in [-0.39, 0.29) is 11.5 Å². The summed E-state index contributed by atoms with van der Waals surface area (Å²) in [4.78, 5) is 11.5. The quantitative estimate of drug-likeness (QED) is 0.178. The molecule has 0 heterocycles. The van der Waals surface area contributed by atoms with Gasteiger partial charge in [-0.05, 0) is 29.9 Å². The van der Waals surface area contributed by atoms with Gasteiger partial charge in [0.25, 0.3) is 0 Å². The summed E-state index contributed by atoms with van der Waals surface area (Å²) in [7, 11) is 0. The van der Waals surface area contributed by atoms with E-state index in [1.54, 1.807) is 18.2 Å². The molecule has 0 bridgehead atoms. The number of nitrogen functional groups attached to an aromatic ring is 2. The van der Waals surface area contributed by atoms with Crippen LogP contribution in [0.25, 0.3) is 0 Å². The Morgan fingerprint density at radius 1 is 1.38 bits per heavy atom. The Morgan fingerprint density at radius 2 is 2.00 bits per heavy atom. The van der Waals surface area contributed by atoms with Gasteiger partial charge in [0.2, 0.25) is 5.91 Å². The van der Waals surface area contributed by atoms with Crippen molar-refractivity contribution in [2.75, 3.05) is 11.5 Å². The molecule has 1 aromatic carbocycles. The molecule has 6 nitrogen and oxygen atoms in total. The smallest absolute Gasteiger partial charge is 0.247 e. The lowest BCUT2D eigenvalue weighted by atomic mass is 10.1. The zero-order valence-corrected chi connectivity index (χ0v) is 9.33. The molecule has 8 N–H and O–H groups in total. The number of hydrogen-bond acceptors (Lipinski definition) is 5. The van der Waals surface area contributed by atoms with E-state index < -0.39 is 5.91 Å². The van der Waals surface area contributed by atoms with Crippen molar-refractivity contribution < 1.29 is 4.79 Å². The number of rotatable bonds is 2. The first-order valence-corrected chi connectivity index (χ1v) is 4.83. The maximum Gasteiger partial charge on any atom is 0.247 e. The van der Waals surface area contributed by atoms with E-state index in [0.717, 1.165) is 0 Å². The summed E-state index contributed by atoms with van der Waals surface area (Å²) in [6, 6.07) is 4.89. The Morgan fingerprint density at radius 3 is 2.50 bits per heavy atom. The highest BCUT2D eigenvalue weighted by molar-refractivity contribution is 7.80. The maximum atomic E-state index is 11.5. The average molecular weight is 239 g/mol. The van der Waals surface area contributed by atoms with Crippen molar-refractivity contribution in [2.45, 2.75) is 6.42 Å². The van der Waals surface area contributed by atoms with Gasteiger partial charge in [-0.15, -0.1) is 0 Å². The van der Waals surface area contributed by atoms with Crippen molar-refractivity contribution in [1.29, 1.82) is 0 Å². The first-order valence-electron chi connectivity index (χ1n) is 4.42. The number of nitrogens with zero attached hydrogens (tertiary/aromatic N) is 1. The number of amides is 1. The van der Waals surface area contributed by atoms with E-state index in [1.165, 1.54) is 0 Å². The molecule has 7 heteroatoms. The Bertz CT molecular complexity index is 434. The van der Waals surface area contributed by atoms with Crippen molar-refractivity contribution in [2.24, 2.45) is 11.6 Å². The van der Waals surface area contributed by atoms with Crippen molar-refractivity contribution in [1.82, 2.24) is 5.01 Å². The van der Waals surface area contributed by atoms with E-state index in [0.29, 0.717) is 21.9 Å². The van der Waals surface area contributed by atoms with Gasteiger partial charge in [0.05, 0.1) is 6.42 Å². The molecule has 1 rings (SSSR count). The Kier molecular flexibility index (Phi) is 3.64. The monoisotopic (exact) mass is 239 g/mol. The van der Waals surface area contributed by atoms with Crippen LogP contribution < -0.4 is 23.0 Å². The molecule has 0 aliphatic rings. The molecule has 0 aliphatic heterocycles. The van der Waals surface area contributed by atoms with Gasteiger partial charge in [0.15, 0.2) is 5.11 Å². The van der Waals surface area contributed by atoms with Crippen molar-refractivity contribution in [3.05, 3.63) is 23.8 Å². The van der Waals surface area contributed by atoms with Crippen LogP contribution in [0.1, 0.15) is 5.56 Å². The van der Waals surface area contributed by atoms with Crippen molar-refractivity contribution in [3.63, 3.8) is 0 Å².